The number of primary amides is 1. The fourth-order valence-corrected chi connectivity index (χ4v) is 1.87. The lowest BCUT2D eigenvalue weighted by Gasteiger charge is -2.08. The van der Waals surface area contributed by atoms with Crippen LogP contribution in [0.5, 0.6) is 5.75 Å². The molecule has 0 heterocycles. The number of hydrogen-bond acceptors (Lipinski definition) is 4. The maximum atomic E-state index is 11.0. The van der Waals surface area contributed by atoms with Gasteiger partial charge in [-0.3, -0.25) is 14.9 Å². The molecule has 6 heteroatoms. The summed E-state index contributed by atoms with van der Waals surface area (Å²) in [6.07, 6.45) is 0.0136. The molecular formula is C15H14N2O4. The second-order valence-corrected chi connectivity index (χ2v) is 4.48. The predicted octanol–water partition coefficient (Wildman–Crippen LogP) is 2.20. The fourth-order valence-electron chi connectivity index (χ4n) is 1.87. The molecule has 21 heavy (non-hydrogen) atoms. The van der Waals surface area contributed by atoms with Crippen molar-refractivity contribution >= 4 is 11.6 Å². The van der Waals surface area contributed by atoms with E-state index in [1.54, 1.807) is 0 Å². The second-order valence-electron chi connectivity index (χ2n) is 4.48. The standard InChI is InChI=1S/C15H14N2O4/c16-15(18)9-12-6-7-13(17(19)20)14(8-12)21-10-11-4-2-1-3-5-11/h1-8H,9-10H2,(H2,16,18). The van der Waals surface area contributed by atoms with Crippen molar-refractivity contribution in [1.29, 1.82) is 0 Å². The van der Waals surface area contributed by atoms with Gasteiger partial charge in [-0.1, -0.05) is 36.4 Å². The minimum atomic E-state index is -0.519. The van der Waals surface area contributed by atoms with Crippen molar-refractivity contribution in [2.24, 2.45) is 5.73 Å². The van der Waals surface area contributed by atoms with Crippen LogP contribution in [0.25, 0.3) is 0 Å². The van der Waals surface area contributed by atoms with Crippen molar-refractivity contribution in [1.82, 2.24) is 0 Å². The van der Waals surface area contributed by atoms with Gasteiger partial charge in [0.05, 0.1) is 11.3 Å². The second kappa shape index (κ2) is 6.51. The molecule has 2 aromatic rings. The molecule has 108 valence electrons. The van der Waals surface area contributed by atoms with Crippen molar-refractivity contribution in [2.75, 3.05) is 0 Å². The van der Waals surface area contributed by atoms with Gasteiger partial charge in [0.25, 0.3) is 0 Å². The van der Waals surface area contributed by atoms with E-state index < -0.39 is 10.8 Å². The van der Waals surface area contributed by atoms with Crippen LogP contribution in [-0.4, -0.2) is 10.8 Å². The first-order chi connectivity index (χ1) is 10.1. The molecule has 6 nitrogen and oxygen atoms in total. The molecule has 0 fully saturated rings. The van der Waals surface area contributed by atoms with Gasteiger partial charge in [0.15, 0.2) is 5.75 Å². The van der Waals surface area contributed by atoms with Crippen LogP contribution in [-0.2, 0) is 17.8 Å². The molecule has 0 saturated carbocycles. The molecule has 0 spiro atoms. The molecule has 0 aliphatic heterocycles. The summed E-state index contributed by atoms with van der Waals surface area (Å²) in [6, 6.07) is 13.6. The van der Waals surface area contributed by atoms with Crippen LogP contribution in [0.1, 0.15) is 11.1 Å². The van der Waals surface area contributed by atoms with Gasteiger partial charge < -0.3 is 10.5 Å². The van der Waals surface area contributed by atoms with Gasteiger partial charge in [-0.2, -0.15) is 0 Å². The Kier molecular flexibility index (Phi) is 4.50. The first-order valence-corrected chi connectivity index (χ1v) is 6.28. The van der Waals surface area contributed by atoms with Crippen molar-refractivity contribution in [3.05, 3.63) is 69.8 Å². The summed E-state index contributed by atoms with van der Waals surface area (Å²) in [6.45, 7) is 0.210. The van der Waals surface area contributed by atoms with Gasteiger partial charge >= 0.3 is 5.69 Å². The highest BCUT2D eigenvalue weighted by atomic mass is 16.6. The zero-order valence-corrected chi connectivity index (χ0v) is 11.2. The van der Waals surface area contributed by atoms with Gasteiger partial charge in [-0.25, -0.2) is 0 Å². The van der Waals surface area contributed by atoms with Crippen molar-refractivity contribution in [3.63, 3.8) is 0 Å². The number of nitro benzene ring substituents is 1. The Morgan fingerprint density at radius 3 is 2.48 bits per heavy atom. The SMILES string of the molecule is NC(=O)Cc1ccc([N+](=O)[O-])c(OCc2ccccc2)c1. The van der Waals surface area contributed by atoms with Crippen LogP contribution in [0.4, 0.5) is 5.69 Å². The molecule has 0 unspecified atom stereocenters. The highest BCUT2D eigenvalue weighted by Gasteiger charge is 2.16. The van der Waals surface area contributed by atoms with Crippen LogP contribution >= 0.6 is 0 Å². The average Bonchev–Trinajstić information content (AvgIpc) is 2.45. The fraction of sp³-hybridized carbons (Fsp3) is 0.133. The summed E-state index contributed by atoms with van der Waals surface area (Å²) in [7, 11) is 0. The zero-order chi connectivity index (χ0) is 15.2. The molecule has 0 aliphatic carbocycles. The number of hydrogen-bond donors (Lipinski definition) is 1. The minimum absolute atomic E-state index is 0.0136. The summed E-state index contributed by atoms with van der Waals surface area (Å²) in [5.41, 5.74) is 6.46. The Morgan fingerprint density at radius 1 is 1.14 bits per heavy atom. The highest BCUT2D eigenvalue weighted by Crippen LogP contribution is 2.29. The van der Waals surface area contributed by atoms with Crippen molar-refractivity contribution < 1.29 is 14.5 Å². The van der Waals surface area contributed by atoms with E-state index >= 15 is 0 Å². The number of nitro groups is 1. The monoisotopic (exact) mass is 286 g/mol. The number of carbonyl (C=O) groups is 1. The molecule has 0 radical (unpaired) electrons. The Balaban J connectivity index is 2.22. The average molecular weight is 286 g/mol. The maximum absolute atomic E-state index is 11.0. The normalized spacial score (nSPS) is 10.1. The zero-order valence-electron chi connectivity index (χ0n) is 11.2. The first-order valence-electron chi connectivity index (χ1n) is 6.28. The smallest absolute Gasteiger partial charge is 0.310 e. The lowest BCUT2D eigenvalue weighted by atomic mass is 10.1. The number of ether oxygens (including phenoxy) is 1. The third-order valence-electron chi connectivity index (χ3n) is 2.84. The van der Waals surface area contributed by atoms with E-state index in [2.05, 4.69) is 0 Å². The molecule has 0 saturated heterocycles. The summed E-state index contributed by atoms with van der Waals surface area (Å²) < 4.78 is 5.51. The lowest BCUT2D eigenvalue weighted by Crippen LogP contribution is -2.13. The number of nitrogens with two attached hydrogens (primary N) is 1. The van der Waals surface area contributed by atoms with E-state index in [1.165, 1.54) is 18.2 Å². The van der Waals surface area contributed by atoms with Gasteiger partial charge in [0.2, 0.25) is 5.91 Å². The molecule has 1 amide bonds. The van der Waals surface area contributed by atoms with Gasteiger partial charge in [-0.05, 0) is 17.2 Å². The molecular weight excluding hydrogens is 272 g/mol. The molecule has 2 N–H and O–H groups in total. The Morgan fingerprint density at radius 2 is 1.86 bits per heavy atom. The summed E-state index contributed by atoms with van der Waals surface area (Å²) in [5, 5.41) is 11.0. The molecule has 0 aliphatic rings. The lowest BCUT2D eigenvalue weighted by molar-refractivity contribution is -0.386. The van der Waals surface area contributed by atoms with E-state index in [9.17, 15) is 14.9 Å². The van der Waals surface area contributed by atoms with Crippen LogP contribution < -0.4 is 10.5 Å². The third kappa shape index (κ3) is 4.04. The molecule has 2 rings (SSSR count). The van der Waals surface area contributed by atoms with Gasteiger partial charge in [-0.15, -0.1) is 0 Å². The molecule has 0 aromatic heterocycles. The topological polar surface area (TPSA) is 95.5 Å². The molecule has 2 aromatic carbocycles. The molecule has 0 atom stereocenters. The van der Waals surface area contributed by atoms with Crippen LogP contribution in [0.15, 0.2) is 48.5 Å². The summed E-state index contributed by atoms with van der Waals surface area (Å²) in [5.74, 6) is -0.375. The highest BCUT2D eigenvalue weighted by molar-refractivity contribution is 5.77. The summed E-state index contributed by atoms with van der Waals surface area (Å²) in [4.78, 5) is 21.4. The number of rotatable bonds is 6. The number of nitrogens with zero attached hydrogens (tertiary/aromatic N) is 1. The van der Waals surface area contributed by atoms with Crippen LogP contribution in [0.2, 0.25) is 0 Å². The van der Waals surface area contributed by atoms with E-state index in [0.717, 1.165) is 5.56 Å². The van der Waals surface area contributed by atoms with Crippen molar-refractivity contribution in [2.45, 2.75) is 13.0 Å². The Hall–Kier alpha value is -2.89. The Bertz CT molecular complexity index is 656. The number of carbonyl (C=O) groups excluding carboxylic acids is 1. The molecule has 0 bridgehead atoms. The van der Waals surface area contributed by atoms with Gasteiger partial charge in [0, 0.05) is 6.07 Å². The van der Waals surface area contributed by atoms with Crippen molar-refractivity contribution in [3.8, 4) is 5.75 Å². The van der Waals surface area contributed by atoms with Crippen LogP contribution in [0, 0.1) is 10.1 Å². The Labute approximate surface area is 121 Å². The van der Waals surface area contributed by atoms with E-state index in [4.69, 9.17) is 10.5 Å². The van der Waals surface area contributed by atoms with E-state index in [1.807, 2.05) is 30.3 Å². The number of amides is 1. The van der Waals surface area contributed by atoms with E-state index in [0.29, 0.717) is 5.56 Å². The maximum Gasteiger partial charge on any atom is 0.310 e. The predicted molar refractivity (Wildman–Crippen MR) is 76.8 cm³/mol. The van der Waals surface area contributed by atoms with E-state index in [-0.39, 0.29) is 24.5 Å². The van der Waals surface area contributed by atoms with Crippen LogP contribution in [0.3, 0.4) is 0 Å². The first kappa shape index (κ1) is 14.5. The minimum Gasteiger partial charge on any atom is -0.482 e. The quantitative estimate of drug-likeness (QED) is 0.650. The van der Waals surface area contributed by atoms with Gasteiger partial charge in [0.1, 0.15) is 6.61 Å². The largest absolute Gasteiger partial charge is 0.482 e. The summed E-state index contributed by atoms with van der Waals surface area (Å²) >= 11 is 0. The third-order valence-corrected chi connectivity index (χ3v) is 2.84. The number of benzene rings is 2.